The van der Waals surface area contributed by atoms with Crippen LogP contribution in [0.3, 0.4) is 0 Å². The number of rotatable bonds is 8. The van der Waals surface area contributed by atoms with Gasteiger partial charge in [-0.2, -0.15) is 9.90 Å². The van der Waals surface area contributed by atoms with Gasteiger partial charge in [0.1, 0.15) is 0 Å². The van der Waals surface area contributed by atoms with Crippen LogP contribution in [0.4, 0.5) is 0 Å². The molecule has 2 unspecified atom stereocenters. The lowest BCUT2D eigenvalue weighted by atomic mass is 9.89. The van der Waals surface area contributed by atoms with Crippen LogP contribution in [0.1, 0.15) is 226 Å². The van der Waals surface area contributed by atoms with Crippen LogP contribution in [0.5, 0.6) is 0 Å². The van der Waals surface area contributed by atoms with Crippen molar-refractivity contribution in [1.29, 1.82) is 0 Å². The normalized spacial score (nSPS) is 26.0. The lowest BCUT2D eigenvalue weighted by molar-refractivity contribution is -0.130. The van der Waals surface area contributed by atoms with Crippen molar-refractivity contribution < 1.29 is 57.5 Å². The second kappa shape index (κ2) is 30.1. The molecular formula is C68H83N12O12P. The van der Waals surface area contributed by atoms with Gasteiger partial charge in [0.2, 0.25) is 11.8 Å². The van der Waals surface area contributed by atoms with Gasteiger partial charge >= 0.3 is 0 Å². The molecule has 8 bridgehead atoms. The summed E-state index contributed by atoms with van der Waals surface area (Å²) in [6.45, 7) is -0.259. The van der Waals surface area contributed by atoms with E-state index in [9.17, 15) is 57.5 Å². The van der Waals surface area contributed by atoms with E-state index in [-0.39, 0.29) is 110 Å². The molecule has 4 aliphatic carbocycles. The number of nitrogens with zero attached hydrogens (tertiary/aromatic N) is 1. The smallest absolute Gasteiger partial charge is 0.251 e. The fraction of sp³-hybridized carbons (Fsp3) is 0.471. The van der Waals surface area contributed by atoms with Crippen LogP contribution >= 0.6 is 9.90 Å². The third-order valence-electron chi connectivity index (χ3n) is 19.2. The third kappa shape index (κ3) is 16.2. The van der Waals surface area contributed by atoms with E-state index in [2.05, 4.69) is 58.5 Å². The SMILES string of the molecule is CNC(=O)CCCC(=O)N1CC(NC(=O)c2cc3cc(c2)C(=O)N[C@@H]2CCCC[C@H]2NC(=O)c2cccc(c2)C(=O)N[C@@H]2CCCC[C@H]2NC3=O)[C@@H](NC(=O)c2cc3cc(c2)C(=O)N[C@@H]2CCCC[C@H]2NC(=O)c2cccc(c2)C(=O)N[C@@H]2CCCC[C@H]2NC3=O)C1.P. The van der Waals surface area contributed by atoms with Gasteiger partial charge in [0.25, 0.3) is 59.1 Å². The molecular weight excluding hydrogens is 1210 g/mol. The maximum atomic E-state index is 15.0. The molecule has 1 saturated heterocycles. The lowest BCUT2D eigenvalue weighted by Crippen LogP contribution is -2.54. The topological polar surface area (TPSA) is 340 Å². The molecule has 12 amide bonds. The highest BCUT2D eigenvalue weighted by molar-refractivity contribution is 6.92. The van der Waals surface area contributed by atoms with E-state index < -0.39 is 119 Å². The first-order valence-corrected chi connectivity index (χ1v) is 32.5. The van der Waals surface area contributed by atoms with E-state index in [0.29, 0.717) is 51.4 Å². The van der Waals surface area contributed by atoms with E-state index in [1.165, 1.54) is 60.5 Å². The van der Waals surface area contributed by atoms with Crippen molar-refractivity contribution >= 4 is 80.8 Å². The van der Waals surface area contributed by atoms with Gasteiger partial charge in [-0.15, -0.1) is 0 Å². The highest BCUT2D eigenvalue weighted by Gasteiger charge is 2.40. The number of amides is 12. The average molecular weight is 1290 g/mol. The van der Waals surface area contributed by atoms with E-state index in [1.54, 1.807) is 36.4 Å². The Balaban J connectivity index is 0.00000946. The summed E-state index contributed by atoms with van der Waals surface area (Å²) < 4.78 is 0. The Morgan fingerprint density at radius 2 is 0.624 bits per heavy atom. The standard InChI is InChI=1S/C68H80N12O12.H3P/c1-69-57(81)25-12-26-58(82)80-35-55(78-67(91)45-31-41-29-42(32-45)64(88)75-52-22-7-3-18-48(52)71-60(84)38-14-10-13-37(27-38)59(83)70-47-17-2-6-21-51(47)74-63(41)87)56(36-80)79-68(92)46-33-43-30-44(34-46)66(90)77-54-24-9-5-20-50(54)73-62(86)40-16-11-15-39(28-40)61(85)72-49-19-4-8-23-53(49)76-65(43)89;/h10-11,13-16,27-34,47-56H,2-9,12,17-26,35-36H2,1H3,(H,69,81)(H,70,83)(H,71,84)(H,72,85)(H,73,86)(H,74,87)(H,75,88)(H,76,89)(H,77,90)(H,78,91)(H,79,92);1H3/t47-,48-,49-,50-,51-,52-,53-,54-,55+,56?;/m1./s1. The van der Waals surface area contributed by atoms with Crippen molar-refractivity contribution in [3.8, 4) is 0 Å². The molecule has 0 radical (unpaired) electrons. The van der Waals surface area contributed by atoms with Gasteiger partial charge in [0.05, 0.1) is 12.1 Å². The summed E-state index contributed by atoms with van der Waals surface area (Å²) in [7, 11) is 1.49. The molecule has 4 aromatic rings. The van der Waals surface area contributed by atoms with Crippen LogP contribution in [0.25, 0.3) is 0 Å². The summed E-state index contributed by atoms with van der Waals surface area (Å²) in [5.74, 6) is -6.29. The summed E-state index contributed by atoms with van der Waals surface area (Å²) in [4.78, 5) is 171. The van der Waals surface area contributed by atoms with Crippen LogP contribution in [0.2, 0.25) is 0 Å². The van der Waals surface area contributed by atoms with Gasteiger partial charge in [-0.3, -0.25) is 57.5 Å². The Morgan fingerprint density at radius 1 is 0.376 bits per heavy atom. The molecule has 11 rings (SSSR count). The van der Waals surface area contributed by atoms with Crippen LogP contribution in [-0.4, -0.2) is 156 Å². The number of carbonyl (C=O) groups excluding carboxylic acids is 12. The number of hydrogen-bond donors (Lipinski definition) is 11. The lowest BCUT2D eigenvalue weighted by Gasteiger charge is -2.33. The fourth-order valence-corrected chi connectivity index (χ4v) is 14.1. The summed E-state index contributed by atoms with van der Waals surface area (Å²) in [5, 5.41) is 33.0. The van der Waals surface area contributed by atoms with Gasteiger partial charge in [-0.1, -0.05) is 63.5 Å². The predicted octanol–water partition coefficient (Wildman–Crippen LogP) is 3.91. The van der Waals surface area contributed by atoms with E-state index >= 15 is 0 Å². The molecule has 0 aromatic heterocycles. The Labute approximate surface area is 542 Å². The summed E-state index contributed by atoms with van der Waals surface area (Å²) in [6, 6.07) is 14.7. The van der Waals surface area contributed by atoms with Gasteiger partial charge < -0.3 is 63.4 Å². The second-order valence-corrected chi connectivity index (χ2v) is 25.5. The molecule has 25 heteroatoms. The Morgan fingerprint density at radius 3 is 0.882 bits per heavy atom. The molecule has 0 spiro atoms. The quantitative estimate of drug-likeness (QED) is 0.112. The highest BCUT2D eigenvalue weighted by atomic mass is 31.0. The Hall–Kier alpha value is -9.05. The minimum Gasteiger partial charge on any atom is -0.359 e. The molecule has 11 atom stereocenters. The van der Waals surface area contributed by atoms with Crippen molar-refractivity contribution in [3.05, 3.63) is 141 Å². The summed E-state index contributed by atoms with van der Waals surface area (Å²) in [6.07, 6.45) is 10.5. The van der Waals surface area contributed by atoms with Crippen molar-refractivity contribution in [2.24, 2.45) is 0 Å². The average Bonchev–Trinajstić information content (AvgIpc) is 1.79. The number of nitrogens with one attached hydrogen (secondary N) is 11. The molecule has 3 aliphatic heterocycles. The minimum absolute atomic E-state index is 0. The predicted molar refractivity (Wildman–Crippen MR) is 348 cm³/mol. The van der Waals surface area contributed by atoms with Crippen LogP contribution in [0, 0.1) is 0 Å². The summed E-state index contributed by atoms with van der Waals surface area (Å²) in [5.41, 5.74) is 0.698. The Bertz CT molecular complexity index is 3220. The van der Waals surface area contributed by atoms with Gasteiger partial charge in [-0.25, -0.2) is 0 Å². The number of benzene rings is 4. The van der Waals surface area contributed by atoms with E-state index in [0.717, 1.165) is 51.4 Å². The molecule has 4 aromatic carbocycles. The monoisotopic (exact) mass is 1290 g/mol. The first kappa shape index (κ1) is 66.9. The zero-order chi connectivity index (χ0) is 64.6. The maximum Gasteiger partial charge on any atom is 0.251 e. The fourth-order valence-electron chi connectivity index (χ4n) is 14.1. The molecule has 4 saturated carbocycles. The van der Waals surface area contributed by atoms with Crippen LogP contribution in [-0.2, 0) is 9.59 Å². The molecule has 3 heterocycles. The first-order chi connectivity index (χ1) is 44.4. The highest BCUT2D eigenvalue weighted by Crippen LogP contribution is 2.27. The van der Waals surface area contributed by atoms with Gasteiger partial charge in [0, 0.05) is 137 Å². The summed E-state index contributed by atoms with van der Waals surface area (Å²) >= 11 is 0. The second-order valence-electron chi connectivity index (χ2n) is 25.5. The number of carbonyl (C=O) groups is 12. The molecule has 492 valence electrons. The van der Waals surface area contributed by atoms with E-state index in [1.807, 2.05) is 0 Å². The molecule has 24 nitrogen and oxygen atoms in total. The van der Waals surface area contributed by atoms with Crippen molar-refractivity contribution in [1.82, 2.24) is 63.4 Å². The third-order valence-corrected chi connectivity index (χ3v) is 19.2. The van der Waals surface area contributed by atoms with Crippen LogP contribution < -0.4 is 58.5 Å². The molecule has 11 N–H and O–H groups in total. The first-order valence-electron chi connectivity index (χ1n) is 32.5. The molecule has 7 aliphatic rings. The number of likely N-dealkylation sites (tertiary alicyclic amines) is 1. The zero-order valence-electron chi connectivity index (χ0n) is 52.3. The number of hydrogen-bond acceptors (Lipinski definition) is 12. The number of fused-ring (bicyclic) bond motifs is 12. The minimum atomic E-state index is -1.03. The van der Waals surface area contributed by atoms with Crippen molar-refractivity contribution in [2.75, 3.05) is 20.1 Å². The zero-order valence-corrected chi connectivity index (χ0v) is 53.7. The van der Waals surface area contributed by atoms with Gasteiger partial charge in [-0.05, 0) is 131 Å². The van der Waals surface area contributed by atoms with Gasteiger partial charge in [0.15, 0.2) is 0 Å². The molecule has 93 heavy (non-hydrogen) atoms. The van der Waals surface area contributed by atoms with Crippen LogP contribution in [0.15, 0.2) is 84.9 Å². The van der Waals surface area contributed by atoms with Crippen molar-refractivity contribution in [2.45, 2.75) is 182 Å². The largest absolute Gasteiger partial charge is 0.359 e. The van der Waals surface area contributed by atoms with Crippen molar-refractivity contribution in [3.63, 3.8) is 0 Å². The Kier molecular flexibility index (Phi) is 21.7. The molecule has 5 fully saturated rings. The maximum absolute atomic E-state index is 15.0. The van der Waals surface area contributed by atoms with E-state index in [4.69, 9.17) is 0 Å².